The number of benzene rings is 1. The van der Waals surface area contributed by atoms with Crippen LogP contribution < -0.4 is 10.1 Å². The average molecular weight is 242 g/mol. The van der Waals surface area contributed by atoms with Crippen molar-refractivity contribution in [3.8, 4) is 5.75 Å². The van der Waals surface area contributed by atoms with Crippen molar-refractivity contribution >= 4 is 0 Å². The summed E-state index contributed by atoms with van der Waals surface area (Å²) in [7, 11) is 3.64. The highest BCUT2D eigenvalue weighted by Gasteiger charge is 2.16. The van der Waals surface area contributed by atoms with E-state index in [1.54, 1.807) is 7.11 Å². The minimum Gasteiger partial charge on any atom is -0.496 e. The van der Waals surface area contributed by atoms with Crippen LogP contribution in [0.3, 0.4) is 0 Å². The minimum absolute atomic E-state index is 0.0912. The van der Waals surface area contributed by atoms with Gasteiger partial charge in [-0.2, -0.15) is 0 Å². The van der Waals surface area contributed by atoms with Gasteiger partial charge < -0.3 is 10.1 Å². The quantitative estimate of drug-likeness (QED) is 0.895. The Bertz CT molecular complexity index is 525. The van der Waals surface area contributed by atoms with Crippen molar-refractivity contribution in [1.29, 1.82) is 0 Å². The van der Waals surface area contributed by atoms with Crippen LogP contribution in [0.4, 0.5) is 0 Å². The van der Waals surface area contributed by atoms with Crippen molar-refractivity contribution in [2.24, 2.45) is 0 Å². The number of aryl methyl sites for hydroxylation is 1. The fraction of sp³-hybridized carbons (Fsp3) is 0.267. The molecule has 1 heterocycles. The van der Waals surface area contributed by atoms with Gasteiger partial charge >= 0.3 is 0 Å². The fourth-order valence-electron chi connectivity index (χ4n) is 2.14. The van der Waals surface area contributed by atoms with E-state index in [0.717, 1.165) is 22.4 Å². The van der Waals surface area contributed by atoms with Gasteiger partial charge in [-0.1, -0.05) is 24.3 Å². The zero-order chi connectivity index (χ0) is 13.0. The van der Waals surface area contributed by atoms with Crippen LogP contribution >= 0.6 is 0 Å². The smallest absolute Gasteiger partial charge is 0.123 e. The van der Waals surface area contributed by atoms with Gasteiger partial charge in [0.2, 0.25) is 0 Å². The van der Waals surface area contributed by atoms with Gasteiger partial charge in [0.25, 0.3) is 0 Å². The summed E-state index contributed by atoms with van der Waals surface area (Å²) in [6, 6.07) is 10.3. The highest BCUT2D eigenvalue weighted by Crippen LogP contribution is 2.29. The molecular weight excluding hydrogens is 224 g/mol. The molecule has 0 aliphatic heterocycles. The number of methoxy groups -OCH3 is 1. The number of hydrogen-bond donors (Lipinski definition) is 1. The first-order valence-electron chi connectivity index (χ1n) is 5.98. The first-order valence-corrected chi connectivity index (χ1v) is 5.98. The number of hydrogen-bond acceptors (Lipinski definition) is 3. The maximum Gasteiger partial charge on any atom is 0.123 e. The molecule has 2 aromatic rings. The Kier molecular flexibility index (Phi) is 3.95. The maximum absolute atomic E-state index is 5.42. The van der Waals surface area contributed by atoms with E-state index in [1.165, 1.54) is 0 Å². The predicted octanol–water partition coefficient (Wildman–Crippen LogP) is 2.71. The lowest BCUT2D eigenvalue weighted by Gasteiger charge is -2.19. The zero-order valence-corrected chi connectivity index (χ0v) is 11.0. The third-order valence-electron chi connectivity index (χ3n) is 2.97. The Hall–Kier alpha value is -1.87. The summed E-state index contributed by atoms with van der Waals surface area (Å²) >= 11 is 0. The molecular formula is C15H18N2O. The van der Waals surface area contributed by atoms with Crippen molar-refractivity contribution in [2.75, 3.05) is 14.2 Å². The summed E-state index contributed by atoms with van der Waals surface area (Å²) < 4.78 is 5.42. The second-order valence-electron chi connectivity index (χ2n) is 4.26. The van der Waals surface area contributed by atoms with Crippen molar-refractivity contribution in [2.45, 2.75) is 13.0 Å². The molecule has 0 saturated carbocycles. The number of pyridine rings is 1. The van der Waals surface area contributed by atoms with E-state index in [4.69, 9.17) is 4.74 Å². The molecule has 0 spiro atoms. The molecule has 0 bridgehead atoms. The standard InChI is InChI=1S/C15H18N2O/c1-11-8-12(10-17-9-11)15(16-2)13-6-4-5-7-14(13)18-3/h4-10,15-16H,1-3H3. The van der Waals surface area contributed by atoms with Crippen LogP contribution in [0.1, 0.15) is 22.7 Å². The molecule has 3 nitrogen and oxygen atoms in total. The molecule has 94 valence electrons. The first kappa shape index (κ1) is 12.6. The van der Waals surface area contributed by atoms with Gasteiger partial charge in [-0.25, -0.2) is 0 Å². The minimum atomic E-state index is 0.0912. The third-order valence-corrected chi connectivity index (χ3v) is 2.97. The van der Waals surface area contributed by atoms with Crippen LogP contribution in [-0.4, -0.2) is 19.1 Å². The van der Waals surface area contributed by atoms with Gasteiger partial charge in [-0.15, -0.1) is 0 Å². The molecule has 2 rings (SSSR count). The molecule has 1 aromatic carbocycles. The second-order valence-corrected chi connectivity index (χ2v) is 4.26. The van der Waals surface area contributed by atoms with Crippen LogP contribution in [0.5, 0.6) is 5.75 Å². The summed E-state index contributed by atoms with van der Waals surface area (Å²) in [6.45, 7) is 2.05. The number of rotatable bonds is 4. The molecule has 0 aliphatic rings. The monoisotopic (exact) mass is 242 g/mol. The summed E-state index contributed by atoms with van der Waals surface area (Å²) in [6.07, 6.45) is 3.75. The van der Waals surface area contributed by atoms with E-state index in [0.29, 0.717) is 0 Å². The number of aromatic nitrogens is 1. The number of para-hydroxylation sites is 1. The van der Waals surface area contributed by atoms with Crippen molar-refractivity contribution in [1.82, 2.24) is 10.3 Å². The van der Waals surface area contributed by atoms with E-state index in [-0.39, 0.29) is 6.04 Å². The van der Waals surface area contributed by atoms with Crippen LogP contribution in [0.2, 0.25) is 0 Å². The Morgan fingerprint density at radius 2 is 2.00 bits per heavy atom. The molecule has 18 heavy (non-hydrogen) atoms. The molecule has 0 aliphatic carbocycles. The van der Waals surface area contributed by atoms with Crippen molar-refractivity contribution < 1.29 is 4.74 Å². The largest absolute Gasteiger partial charge is 0.496 e. The first-order chi connectivity index (χ1) is 8.76. The molecule has 0 saturated heterocycles. The van der Waals surface area contributed by atoms with E-state index >= 15 is 0 Å². The van der Waals surface area contributed by atoms with Gasteiger partial charge in [0.15, 0.2) is 0 Å². The Morgan fingerprint density at radius 1 is 1.22 bits per heavy atom. The van der Waals surface area contributed by atoms with E-state index in [9.17, 15) is 0 Å². The van der Waals surface area contributed by atoms with Gasteiger partial charge in [0.05, 0.1) is 13.2 Å². The Labute approximate surface area is 108 Å². The molecule has 1 aromatic heterocycles. The van der Waals surface area contributed by atoms with Crippen LogP contribution in [0, 0.1) is 6.92 Å². The lowest BCUT2D eigenvalue weighted by Crippen LogP contribution is -2.18. The van der Waals surface area contributed by atoms with Crippen molar-refractivity contribution in [3.05, 3.63) is 59.4 Å². The third kappa shape index (κ3) is 2.51. The summed E-state index contributed by atoms with van der Waals surface area (Å²) in [5.41, 5.74) is 3.42. The molecule has 3 heteroatoms. The molecule has 0 fully saturated rings. The van der Waals surface area contributed by atoms with E-state index in [1.807, 2.05) is 44.6 Å². The second kappa shape index (κ2) is 5.65. The highest BCUT2D eigenvalue weighted by atomic mass is 16.5. The maximum atomic E-state index is 5.42. The molecule has 0 radical (unpaired) electrons. The lowest BCUT2D eigenvalue weighted by molar-refractivity contribution is 0.405. The van der Waals surface area contributed by atoms with Crippen molar-refractivity contribution in [3.63, 3.8) is 0 Å². The topological polar surface area (TPSA) is 34.2 Å². The van der Waals surface area contributed by atoms with E-state index in [2.05, 4.69) is 22.4 Å². The molecule has 1 atom stereocenters. The fourth-order valence-corrected chi connectivity index (χ4v) is 2.14. The van der Waals surface area contributed by atoms with Gasteiger partial charge in [0, 0.05) is 18.0 Å². The van der Waals surface area contributed by atoms with E-state index < -0.39 is 0 Å². The van der Waals surface area contributed by atoms with Crippen LogP contribution in [0.25, 0.3) is 0 Å². The summed E-state index contributed by atoms with van der Waals surface area (Å²) in [4.78, 5) is 4.25. The number of nitrogens with zero attached hydrogens (tertiary/aromatic N) is 1. The lowest BCUT2D eigenvalue weighted by atomic mass is 9.98. The van der Waals surface area contributed by atoms with Crippen LogP contribution in [-0.2, 0) is 0 Å². The highest BCUT2D eigenvalue weighted by molar-refractivity contribution is 5.41. The molecule has 0 amide bonds. The summed E-state index contributed by atoms with van der Waals surface area (Å²) in [5.74, 6) is 0.887. The molecule has 1 N–H and O–H groups in total. The normalized spacial score (nSPS) is 12.2. The van der Waals surface area contributed by atoms with Crippen LogP contribution in [0.15, 0.2) is 42.7 Å². The number of nitrogens with one attached hydrogen (secondary N) is 1. The van der Waals surface area contributed by atoms with Gasteiger partial charge in [-0.05, 0) is 31.2 Å². The van der Waals surface area contributed by atoms with Gasteiger partial charge in [0.1, 0.15) is 5.75 Å². The number of ether oxygens (including phenoxy) is 1. The Morgan fingerprint density at radius 3 is 2.67 bits per heavy atom. The predicted molar refractivity (Wildman–Crippen MR) is 72.9 cm³/mol. The Balaban J connectivity index is 2.45. The molecule has 1 unspecified atom stereocenters. The average Bonchev–Trinajstić information content (AvgIpc) is 2.40. The zero-order valence-electron chi connectivity index (χ0n) is 11.0. The summed E-state index contributed by atoms with van der Waals surface area (Å²) in [5, 5.41) is 3.32. The SMILES string of the molecule is CNC(c1cncc(C)c1)c1ccccc1OC. The van der Waals surface area contributed by atoms with Gasteiger partial charge in [-0.3, -0.25) is 4.98 Å².